The third-order valence-corrected chi connectivity index (χ3v) is 4.79. The van der Waals surface area contributed by atoms with Crippen molar-refractivity contribution in [1.82, 2.24) is 0 Å². The average molecular weight is 371 g/mol. The number of carbonyl (C=O) groups excluding carboxylic acids is 1. The fourth-order valence-corrected chi connectivity index (χ4v) is 3.15. The zero-order valence-electron chi connectivity index (χ0n) is 15.0. The van der Waals surface area contributed by atoms with Crippen molar-refractivity contribution in [3.63, 3.8) is 0 Å². The molecule has 1 rings (SSSR count). The fraction of sp³-hybridized carbons (Fsp3) is 0.632. The third kappa shape index (κ3) is 10.2. The number of aromatic hydroxyl groups is 3. The molecule has 0 aliphatic heterocycles. The summed E-state index contributed by atoms with van der Waals surface area (Å²) in [6.07, 6.45) is 9.38. The van der Waals surface area contributed by atoms with Gasteiger partial charge in [-0.2, -0.15) is 0 Å². The van der Waals surface area contributed by atoms with Gasteiger partial charge in [0, 0.05) is 19.3 Å². The smallest absolute Gasteiger partial charge is 0.200 e. The SMILES string of the molecule is CC(=O)SCCCCCCCCCCOCc1cc(O)c(O)c(O)c1. The molecule has 0 aliphatic carbocycles. The zero-order chi connectivity index (χ0) is 18.5. The van der Waals surface area contributed by atoms with Crippen LogP contribution in [0.25, 0.3) is 0 Å². The standard InChI is InChI=1S/C19H30O5S/c1-15(20)25-11-9-7-5-3-2-4-6-8-10-24-14-16-12-17(21)19(23)18(22)13-16/h12-13,21-23H,2-11,14H2,1H3. The number of rotatable bonds is 13. The molecule has 1 aromatic rings. The minimum absolute atomic E-state index is 0.209. The average Bonchev–Trinajstić information content (AvgIpc) is 2.56. The molecule has 0 saturated heterocycles. The molecule has 0 unspecified atom stereocenters. The Balaban J connectivity index is 1.91. The van der Waals surface area contributed by atoms with Gasteiger partial charge in [-0.3, -0.25) is 4.79 Å². The molecule has 0 spiro atoms. The molecule has 6 heteroatoms. The number of hydrogen-bond donors (Lipinski definition) is 3. The highest BCUT2D eigenvalue weighted by Crippen LogP contribution is 2.35. The van der Waals surface area contributed by atoms with Crippen LogP contribution in [-0.4, -0.2) is 32.8 Å². The molecule has 25 heavy (non-hydrogen) atoms. The molecule has 0 atom stereocenters. The van der Waals surface area contributed by atoms with Crippen molar-refractivity contribution in [1.29, 1.82) is 0 Å². The molecular weight excluding hydrogens is 340 g/mol. The van der Waals surface area contributed by atoms with Crippen molar-refractivity contribution in [3.8, 4) is 17.2 Å². The van der Waals surface area contributed by atoms with Gasteiger partial charge in [-0.25, -0.2) is 0 Å². The second-order valence-corrected chi connectivity index (χ2v) is 7.48. The number of carbonyl (C=O) groups is 1. The summed E-state index contributed by atoms with van der Waals surface area (Å²) in [7, 11) is 0. The largest absolute Gasteiger partial charge is 0.504 e. The molecule has 0 aliphatic rings. The van der Waals surface area contributed by atoms with E-state index in [1.54, 1.807) is 6.92 Å². The van der Waals surface area contributed by atoms with Gasteiger partial charge >= 0.3 is 0 Å². The number of unbranched alkanes of at least 4 members (excludes halogenated alkanes) is 7. The van der Waals surface area contributed by atoms with E-state index in [1.807, 2.05) is 0 Å². The molecule has 0 radical (unpaired) electrons. The fourth-order valence-electron chi connectivity index (χ4n) is 2.52. The molecule has 0 heterocycles. The Hall–Kier alpha value is -1.40. The lowest BCUT2D eigenvalue weighted by Gasteiger charge is -2.07. The zero-order valence-corrected chi connectivity index (χ0v) is 15.8. The van der Waals surface area contributed by atoms with E-state index >= 15 is 0 Å². The van der Waals surface area contributed by atoms with Crippen LogP contribution < -0.4 is 0 Å². The normalized spacial score (nSPS) is 10.9. The summed E-state index contributed by atoms with van der Waals surface area (Å²) in [5.41, 5.74) is 0.635. The minimum Gasteiger partial charge on any atom is -0.504 e. The van der Waals surface area contributed by atoms with Gasteiger partial charge in [0.25, 0.3) is 0 Å². The number of hydrogen-bond acceptors (Lipinski definition) is 6. The number of phenols is 3. The van der Waals surface area contributed by atoms with Gasteiger partial charge in [0.05, 0.1) is 6.61 Å². The van der Waals surface area contributed by atoms with Crippen LogP contribution in [0.3, 0.4) is 0 Å². The molecule has 0 saturated carbocycles. The van der Waals surface area contributed by atoms with E-state index in [2.05, 4.69) is 0 Å². The van der Waals surface area contributed by atoms with Gasteiger partial charge in [-0.15, -0.1) is 0 Å². The summed E-state index contributed by atoms with van der Waals surface area (Å²) >= 11 is 1.42. The maximum absolute atomic E-state index is 10.8. The first-order valence-corrected chi connectivity index (χ1v) is 9.94. The Morgan fingerprint density at radius 2 is 1.44 bits per heavy atom. The van der Waals surface area contributed by atoms with Crippen LogP contribution in [0, 0.1) is 0 Å². The van der Waals surface area contributed by atoms with E-state index in [1.165, 1.54) is 56.0 Å². The van der Waals surface area contributed by atoms with Gasteiger partial charge in [-0.1, -0.05) is 50.3 Å². The first kappa shape index (κ1) is 21.6. The predicted molar refractivity (Wildman–Crippen MR) is 101 cm³/mol. The van der Waals surface area contributed by atoms with Crippen LogP contribution in [-0.2, 0) is 16.1 Å². The number of phenolic OH excluding ortho intramolecular Hbond substituents is 3. The van der Waals surface area contributed by atoms with Gasteiger partial charge in [0.15, 0.2) is 22.4 Å². The number of benzene rings is 1. The third-order valence-electron chi connectivity index (χ3n) is 3.89. The summed E-state index contributed by atoms with van der Waals surface area (Å²) in [5.74, 6) is -0.221. The van der Waals surface area contributed by atoms with Crippen molar-refractivity contribution in [2.45, 2.75) is 64.9 Å². The number of ether oxygens (including phenoxy) is 1. The topological polar surface area (TPSA) is 87.0 Å². The Labute approximate surface area is 154 Å². The molecule has 5 nitrogen and oxygen atoms in total. The second-order valence-electron chi connectivity index (χ2n) is 6.20. The molecule has 0 amide bonds. The van der Waals surface area contributed by atoms with E-state index in [0.717, 1.165) is 25.0 Å². The Morgan fingerprint density at radius 3 is 2.00 bits per heavy atom. The van der Waals surface area contributed by atoms with E-state index in [0.29, 0.717) is 18.8 Å². The Kier molecular flexibility index (Phi) is 11.2. The Morgan fingerprint density at radius 1 is 0.920 bits per heavy atom. The van der Waals surface area contributed by atoms with Crippen LogP contribution in [0.2, 0.25) is 0 Å². The Bertz CT molecular complexity index is 496. The van der Waals surface area contributed by atoms with Crippen molar-refractivity contribution in [3.05, 3.63) is 17.7 Å². The van der Waals surface area contributed by atoms with Crippen molar-refractivity contribution < 1.29 is 24.9 Å². The van der Waals surface area contributed by atoms with Crippen LogP contribution in [0.15, 0.2) is 12.1 Å². The summed E-state index contributed by atoms with van der Waals surface area (Å²) in [4.78, 5) is 10.8. The highest BCUT2D eigenvalue weighted by Gasteiger charge is 2.07. The van der Waals surface area contributed by atoms with Crippen LogP contribution >= 0.6 is 11.8 Å². The van der Waals surface area contributed by atoms with Crippen LogP contribution in [0.5, 0.6) is 17.2 Å². The number of thioether (sulfide) groups is 1. The van der Waals surface area contributed by atoms with Gasteiger partial charge in [-0.05, 0) is 30.5 Å². The molecule has 3 N–H and O–H groups in total. The van der Waals surface area contributed by atoms with Gasteiger partial charge in [0.2, 0.25) is 0 Å². The lowest BCUT2D eigenvalue weighted by atomic mass is 10.1. The maximum atomic E-state index is 10.8. The summed E-state index contributed by atoms with van der Waals surface area (Å²) < 4.78 is 5.53. The molecule has 1 aromatic carbocycles. The lowest BCUT2D eigenvalue weighted by molar-refractivity contribution is -0.109. The predicted octanol–water partition coefficient (Wildman–Crippen LogP) is 4.72. The van der Waals surface area contributed by atoms with Crippen molar-refractivity contribution in [2.75, 3.05) is 12.4 Å². The first-order chi connectivity index (χ1) is 12.0. The van der Waals surface area contributed by atoms with Crippen LogP contribution in [0.1, 0.15) is 63.9 Å². The summed E-state index contributed by atoms with van der Waals surface area (Å²) in [5, 5.41) is 28.3. The van der Waals surface area contributed by atoms with E-state index in [4.69, 9.17) is 4.74 Å². The molecule has 0 bridgehead atoms. The van der Waals surface area contributed by atoms with Crippen LogP contribution in [0.4, 0.5) is 0 Å². The van der Waals surface area contributed by atoms with Crippen molar-refractivity contribution >= 4 is 16.9 Å². The lowest BCUT2D eigenvalue weighted by Crippen LogP contribution is -1.96. The molecular formula is C19H30O5S. The van der Waals surface area contributed by atoms with Gasteiger partial charge < -0.3 is 20.1 Å². The first-order valence-electron chi connectivity index (χ1n) is 8.95. The molecule has 0 fully saturated rings. The van der Waals surface area contributed by atoms with E-state index in [-0.39, 0.29) is 16.6 Å². The maximum Gasteiger partial charge on any atom is 0.200 e. The van der Waals surface area contributed by atoms with Gasteiger partial charge in [0.1, 0.15) is 0 Å². The van der Waals surface area contributed by atoms with Crippen molar-refractivity contribution in [2.24, 2.45) is 0 Å². The molecule has 0 aromatic heterocycles. The monoisotopic (exact) mass is 370 g/mol. The summed E-state index contributed by atoms with van der Waals surface area (Å²) in [6.45, 7) is 2.57. The second kappa shape index (κ2) is 12.9. The van der Waals surface area contributed by atoms with E-state index < -0.39 is 5.75 Å². The summed E-state index contributed by atoms with van der Waals surface area (Å²) in [6, 6.07) is 2.79. The highest BCUT2D eigenvalue weighted by molar-refractivity contribution is 8.13. The molecule has 142 valence electrons. The highest BCUT2D eigenvalue weighted by atomic mass is 32.2. The minimum atomic E-state index is -0.499. The van der Waals surface area contributed by atoms with E-state index in [9.17, 15) is 20.1 Å². The quantitative estimate of drug-likeness (QED) is 0.344.